The van der Waals surface area contributed by atoms with Crippen LogP contribution in [0.5, 0.6) is 0 Å². The average molecular weight is 395 g/mol. The third-order valence-electron chi connectivity index (χ3n) is 5.94. The summed E-state index contributed by atoms with van der Waals surface area (Å²) < 4.78 is 11.6. The predicted octanol–water partition coefficient (Wildman–Crippen LogP) is 2.01. The van der Waals surface area contributed by atoms with Gasteiger partial charge in [-0.15, -0.1) is 0 Å². The highest BCUT2D eigenvalue weighted by atomic mass is 16.5. The third-order valence-corrected chi connectivity index (χ3v) is 5.94. The number of ether oxygens (including phenoxy) is 2. The summed E-state index contributed by atoms with van der Waals surface area (Å²) in [4.78, 5) is 21.5. The Balaban J connectivity index is 1.41. The maximum Gasteiger partial charge on any atom is 0.251 e. The van der Waals surface area contributed by atoms with Crippen molar-refractivity contribution in [1.29, 1.82) is 0 Å². The van der Waals surface area contributed by atoms with E-state index in [1.807, 2.05) is 4.90 Å². The van der Waals surface area contributed by atoms with Crippen LogP contribution in [0.3, 0.4) is 0 Å². The second-order valence-electron chi connectivity index (χ2n) is 8.03. The Morgan fingerprint density at radius 1 is 1.04 bits per heavy atom. The van der Waals surface area contributed by atoms with Crippen LogP contribution in [0.1, 0.15) is 58.3 Å². The van der Waals surface area contributed by atoms with Gasteiger partial charge in [0.2, 0.25) is 0 Å². The first-order valence-electron chi connectivity index (χ1n) is 11.3. The van der Waals surface area contributed by atoms with E-state index in [0.29, 0.717) is 19.3 Å². The first-order chi connectivity index (χ1) is 13.8. The minimum Gasteiger partial charge on any atom is -0.376 e. The lowest BCUT2D eigenvalue weighted by molar-refractivity contribution is -0.142. The van der Waals surface area contributed by atoms with Crippen LogP contribution in [0.25, 0.3) is 0 Å². The van der Waals surface area contributed by atoms with Crippen LogP contribution in [0.2, 0.25) is 0 Å². The molecular formula is C21H38N4O3. The monoisotopic (exact) mass is 394 g/mol. The Bertz CT molecular complexity index is 492. The van der Waals surface area contributed by atoms with Gasteiger partial charge in [-0.25, -0.2) is 0 Å². The van der Waals surface area contributed by atoms with E-state index < -0.39 is 0 Å². The highest BCUT2D eigenvalue weighted by molar-refractivity contribution is 5.82. The largest absolute Gasteiger partial charge is 0.376 e. The molecule has 1 N–H and O–H groups in total. The van der Waals surface area contributed by atoms with E-state index in [4.69, 9.17) is 14.5 Å². The summed E-state index contributed by atoms with van der Waals surface area (Å²) >= 11 is 0. The molecule has 0 bridgehead atoms. The maximum atomic E-state index is 12.5. The van der Waals surface area contributed by atoms with Crippen molar-refractivity contribution in [3.63, 3.8) is 0 Å². The number of piperazine rings is 1. The molecule has 160 valence electrons. The summed E-state index contributed by atoms with van der Waals surface area (Å²) in [6, 6.07) is 0. The van der Waals surface area contributed by atoms with E-state index in [0.717, 1.165) is 58.1 Å². The molecule has 1 aliphatic carbocycles. The van der Waals surface area contributed by atoms with Crippen LogP contribution < -0.4 is 5.32 Å². The van der Waals surface area contributed by atoms with Gasteiger partial charge in [0.1, 0.15) is 6.10 Å². The van der Waals surface area contributed by atoms with Crippen LogP contribution in [-0.4, -0.2) is 86.4 Å². The molecule has 2 heterocycles. The summed E-state index contributed by atoms with van der Waals surface area (Å²) in [5, 5.41) is 3.39. The Morgan fingerprint density at radius 3 is 2.39 bits per heavy atom. The highest BCUT2D eigenvalue weighted by Crippen LogP contribution is 2.19. The number of nitrogens with zero attached hydrogens (tertiary/aromatic N) is 3. The highest BCUT2D eigenvalue weighted by Gasteiger charge is 2.30. The molecule has 7 heteroatoms. The van der Waals surface area contributed by atoms with E-state index in [-0.39, 0.29) is 12.0 Å². The van der Waals surface area contributed by atoms with Gasteiger partial charge >= 0.3 is 0 Å². The number of guanidine groups is 1. The molecule has 3 fully saturated rings. The topological polar surface area (TPSA) is 66.4 Å². The molecule has 1 unspecified atom stereocenters. The second-order valence-corrected chi connectivity index (χ2v) is 8.03. The van der Waals surface area contributed by atoms with E-state index in [1.54, 1.807) is 0 Å². The van der Waals surface area contributed by atoms with Crippen LogP contribution >= 0.6 is 0 Å². The lowest BCUT2D eigenvalue weighted by atomic mass is 10.1. The fourth-order valence-electron chi connectivity index (χ4n) is 4.32. The fourth-order valence-corrected chi connectivity index (χ4v) is 4.32. The minimum atomic E-state index is -0.213. The van der Waals surface area contributed by atoms with Crippen LogP contribution in [0.4, 0.5) is 0 Å². The lowest BCUT2D eigenvalue weighted by Gasteiger charge is -2.37. The summed E-state index contributed by atoms with van der Waals surface area (Å²) in [6.07, 6.45) is 9.77. The fraction of sp³-hybridized carbons (Fsp3) is 0.905. The van der Waals surface area contributed by atoms with Crippen LogP contribution in [-0.2, 0) is 14.3 Å². The molecule has 2 saturated heterocycles. The van der Waals surface area contributed by atoms with E-state index in [1.165, 1.54) is 38.5 Å². The predicted molar refractivity (Wildman–Crippen MR) is 111 cm³/mol. The zero-order valence-corrected chi connectivity index (χ0v) is 17.5. The normalized spacial score (nSPS) is 25.0. The van der Waals surface area contributed by atoms with Gasteiger partial charge in [-0.05, 0) is 32.6 Å². The maximum absolute atomic E-state index is 12.5. The van der Waals surface area contributed by atoms with E-state index >= 15 is 0 Å². The second kappa shape index (κ2) is 11.6. The molecule has 7 nitrogen and oxygen atoms in total. The smallest absolute Gasteiger partial charge is 0.251 e. The Morgan fingerprint density at radius 2 is 1.75 bits per heavy atom. The van der Waals surface area contributed by atoms with Crippen molar-refractivity contribution in [2.45, 2.75) is 70.5 Å². The number of hydrogen-bond acceptors (Lipinski definition) is 4. The number of rotatable bonds is 6. The van der Waals surface area contributed by atoms with Gasteiger partial charge in [0.05, 0.1) is 19.3 Å². The van der Waals surface area contributed by atoms with Gasteiger partial charge in [0.25, 0.3) is 5.91 Å². The standard InChI is InChI=1S/C21H38N4O3/c1-2-22-21(23-11-17-27-18-8-5-3-4-6-9-18)25-14-12-24(13-15-25)20(26)19-10-7-16-28-19/h18-19H,2-17H2,1H3,(H,22,23). The first kappa shape index (κ1) is 21.4. The van der Waals surface area contributed by atoms with Crippen molar-refractivity contribution < 1.29 is 14.3 Å². The molecule has 2 aliphatic heterocycles. The van der Waals surface area contributed by atoms with Crippen molar-refractivity contribution in [2.75, 3.05) is 52.5 Å². The van der Waals surface area contributed by atoms with E-state index in [9.17, 15) is 4.79 Å². The zero-order valence-electron chi connectivity index (χ0n) is 17.5. The van der Waals surface area contributed by atoms with Gasteiger partial charge in [-0.2, -0.15) is 0 Å². The molecular weight excluding hydrogens is 356 g/mol. The number of carbonyl (C=O) groups is 1. The average Bonchev–Trinajstić information content (AvgIpc) is 3.14. The Labute approximate surface area is 169 Å². The minimum absolute atomic E-state index is 0.163. The molecule has 28 heavy (non-hydrogen) atoms. The molecule has 1 atom stereocenters. The number of amides is 1. The van der Waals surface area contributed by atoms with Crippen LogP contribution in [0.15, 0.2) is 4.99 Å². The van der Waals surface area contributed by atoms with Gasteiger partial charge in [-0.1, -0.05) is 25.7 Å². The molecule has 3 rings (SSSR count). The van der Waals surface area contributed by atoms with Crippen molar-refractivity contribution in [3.05, 3.63) is 0 Å². The molecule has 0 aromatic heterocycles. The van der Waals surface area contributed by atoms with Crippen molar-refractivity contribution in [2.24, 2.45) is 4.99 Å². The molecule has 0 spiro atoms. The van der Waals surface area contributed by atoms with E-state index in [2.05, 4.69) is 17.1 Å². The number of hydrogen-bond donors (Lipinski definition) is 1. The summed E-state index contributed by atoms with van der Waals surface area (Å²) in [6.45, 7) is 8.14. The first-order valence-corrected chi connectivity index (χ1v) is 11.3. The van der Waals surface area contributed by atoms with Crippen LogP contribution in [0, 0.1) is 0 Å². The number of nitrogens with one attached hydrogen (secondary N) is 1. The Kier molecular flexibility index (Phi) is 8.86. The van der Waals surface area contributed by atoms with Crippen molar-refractivity contribution in [1.82, 2.24) is 15.1 Å². The summed E-state index contributed by atoms with van der Waals surface area (Å²) in [5.74, 6) is 1.10. The van der Waals surface area contributed by atoms with Crippen molar-refractivity contribution in [3.8, 4) is 0 Å². The molecule has 1 amide bonds. The SMILES string of the molecule is CCNC(=NCCOC1CCCCCC1)N1CCN(C(=O)C2CCCO2)CC1. The molecule has 3 aliphatic rings. The van der Waals surface area contributed by atoms with Gasteiger partial charge in [0.15, 0.2) is 5.96 Å². The molecule has 1 saturated carbocycles. The molecule has 0 radical (unpaired) electrons. The molecule has 0 aromatic carbocycles. The van der Waals surface area contributed by atoms with Gasteiger partial charge in [0, 0.05) is 39.3 Å². The number of aliphatic imine (C=N–C) groups is 1. The van der Waals surface area contributed by atoms with Gasteiger partial charge in [-0.3, -0.25) is 9.79 Å². The quantitative estimate of drug-likeness (QED) is 0.323. The number of carbonyl (C=O) groups excluding carboxylic acids is 1. The van der Waals surface area contributed by atoms with Crippen molar-refractivity contribution >= 4 is 11.9 Å². The van der Waals surface area contributed by atoms with Gasteiger partial charge < -0.3 is 24.6 Å². The summed E-state index contributed by atoms with van der Waals surface area (Å²) in [7, 11) is 0. The summed E-state index contributed by atoms with van der Waals surface area (Å²) in [5.41, 5.74) is 0. The Hall–Kier alpha value is -1.34. The molecule has 0 aromatic rings. The zero-order chi connectivity index (χ0) is 19.6. The third kappa shape index (κ3) is 6.34. The lowest BCUT2D eigenvalue weighted by Crippen LogP contribution is -2.55.